The molecule has 1 N–H and O–H groups in total. The maximum atomic E-state index is 5.71. The van der Waals surface area contributed by atoms with Gasteiger partial charge in [-0.25, -0.2) is 5.10 Å². The number of H-pyrrole nitrogens is 1. The SMILES string of the molecule is CC(C)Oc1ccc(/C=N\n2c(-c3cccs3)n[nH]c2=S)cc1Br. The van der Waals surface area contributed by atoms with Crippen LogP contribution in [-0.2, 0) is 0 Å². The van der Waals surface area contributed by atoms with Gasteiger partial charge in [0.2, 0.25) is 4.77 Å². The van der Waals surface area contributed by atoms with Crippen LogP contribution < -0.4 is 4.74 Å². The van der Waals surface area contributed by atoms with Gasteiger partial charge in [0.15, 0.2) is 5.82 Å². The van der Waals surface area contributed by atoms with Crippen molar-refractivity contribution in [3.05, 3.63) is 50.5 Å². The van der Waals surface area contributed by atoms with Crippen molar-refractivity contribution in [1.82, 2.24) is 14.9 Å². The van der Waals surface area contributed by atoms with Crippen LogP contribution in [0.5, 0.6) is 5.75 Å². The van der Waals surface area contributed by atoms with Gasteiger partial charge in [0.25, 0.3) is 0 Å². The molecule has 0 saturated heterocycles. The van der Waals surface area contributed by atoms with Crippen molar-refractivity contribution in [1.29, 1.82) is 0 Å². The molecule has 0 fully saturated rings. The standard InChI is InChI=1S/C16H15BrN4OS2/c1-10(2)22-13-6-5-11(8-12(13)17)9-18-21-15(19-20-16(21)23)14-4-3-7-24-14/h3-10H,1-2H3,(H,20,23)/b18-9-. The molecule has 8 heteroatoms. The topological polar surface area (TPSA) is 55.2 Å². The number of aromatic nitrogens is 3. The van der Waals surface area contributed by atoms with Crippen molar-refractivity contribution in [2.24, 2.45) is 5.10 Å². The van der Waals surface area contributed by atoms with E-state index in [1.807, 2.05) is 49.6 Å². The Kier molecular flexibility index (Phi) is 5.27. The predicted molar refractivity (Wildman–Crippen MR) is 104 cm³/mol. The average Bonchev–Trinajstić information content (AvgIpc) is 3.17. The highest BCUT2D eigenvalue weighted by Crippen LogP contribution is 2.27. The van der Waals surface area contributed by atoms with Gasteiger partial charge in [0, 0.05) is 0 Å². The smallest absolute Gasteiger partial charge is 0.216 e. The number of thiophene rings is 1. The Morgan fingerprint density at radius 1 is 1.42 bits per heavy atom. The van der Waals surface area contributed by atoms with E-state index in [4.69, 9.17) is 17.0 Å². The molecule has 0 aliphatic rings. The zero-order chi connectivity index (χ0) is 17.1. The number of hydrogen-bond acceptors (Lipinski definition) is 5. The van der Waals surface area contributed by atoms with Gasteiger partial charge in [-0.2, -0.15) is 14.9 Å². The molecular formula is C16H15BrN4OS2. The first-order valence-electron chi connectivity index (χ1n) is 7.26. The quantitative estimate of drug-likeness (QED) is 0.459. The second-order valence-electron chi connectivity index (χ2n) is 5.24. The third kappa shape index (κ3) is 3.82. The monoisotopic (exact) mass is 422 g/mol. The highest BCUT2D eigenvalue weighted by atomic mass is 79.9. The highest BCUT2D eigenvalue weighted by Gasteiger charge is 2.09. The third-order valence-corrected chi connectivity index (χ3v) is 4.78. The third-order valence-electron chi connectivity index (χ3n) is 3.03. The highest BCUT2D eigenvalue weighted by molar-refractivity contribution is 9.10. The van der Waals surface area contributed by atoms with Crippen LogP contribution in [0.2, 0.25) is 0 Å². The fraction of sp³-hybridized carbons (Fsp3) is 0.188. The summed E-state index contributed by atoms with van der Waals surface area (Å²) >= 11 is 10.4. The van der Waals surface area contributed by atoms with Crippen molar-refractivity contribution >= 4 is 45.7 Å². The van der Waals surface area contributed by atoms with Crippen LogP contribution in [0, 0.1) is 4.77 Å². The molecule has 3 aromatic rings. The number of halogens is 1. The lowest BCUT2D eigenvalue weighted by Gasteiger charge is -2.11. The van der Waals surface area contributed by atoms with Crippen molar-refractivity contribution in [3.8, 4) is 16.5 Å². The molecule has 2 aromatic heterocycles. The van der Waals surface area contributed by atoms with E-state index < -0.39 is 0 Å². The lowest BCUT2D eigenvalue weighted by Crippen LogP contribution is -2.06. The van der Waals surface area contributed by atoms with Gasteiger partial charge in [-0.05, 0) is 77.2 Å². The molecule has 0 amide bonds. The van der Waals surface area contributed by atoms with Crippen molar-refractivity contribution in [3.63, 3.8) is 0 Å². The molecule has 0 saturated carbocycles. The van der Waals surface area contributed by atoms with E-state index in [0.717, 1.165) is 20.7 Å². The lowest BCUT2D eigenvalue weighted by molar-refractivity contribution is 0.241. The molecule has 0 spiro atoms. The Morgan fingerprint density at radius 3 is 2.92 bits per heavy atom. The zero-order valence-corrected chi connectivity index (χ0v) is 16.3. The molecular weight excluding hydrogens is 408 g/mol. The summed E-state index contributed by atoms with van der Waals surface area (Å²) in [4.78, 5) is 1.00. The molecule has 24 heavy (non-hydrogen) atoms. The van der Waals surface area contributed by atoms with Gasteiger partial charge >= 0.3 is 0 Å². The van der Waals surface area contributed by atoms with Crippen LogP contribution in [0.15, 0.2) is 45.3 Å². The van der Waals surface area contributed by atoms with Crippen LogP contribution in [0.1, 0.15) is 19.4 Å². The molecule has 0 radical (unpaired) electrons. The first-order chi connectivity index (χ1) is 11.5. The summed E-state index contributed by atoms with van der Waals surface area (Å²) in [6, 6.07) is 9.77. The lowest BCUT2D eigenvalue weighted by atomic mass is 10.2. The zero-order valence-electron chi connectivity index (χ0n) is 13.1. The molecule has 5 nitrogen and oxygen atoms in total. The second kappa shape index (κ2) is 7.42. The second-order valence-corrected chi connectivity index (χ2v) is 7.43. The normalized spacial score (nSPS) is 11.5. The number of nitrogens with zero attached hydrogens (tertiary/aromatic N) is 3. The minimum Gasteiger partial charge on any atom is -0.490 e. The number of ether oxygens (including phenoxy) is 1. The minimum atomic E-state index is 0.124. The first kappa shape index (κ1) is 17.1. The number of hydrogen-bond donors (Lipinski definition) is 1. The van der Waals surface area contributed by atoms with E-state index >= 15 is 0 Å². The Balaban J connectivity index is 1.88. The molecule has 0 aliphatic carbocycles. The Hall–Kier alpha value is -1.77. The fourth-order valence-corrected chi connectivity index (χ4v) is 3.40. The minimum absolute atomic E-state index is 0.124. The predicted octanol–water partition coefficient (Wildman–Crippen LogP) is 5.10. The largest absolute Gasteiger partial charge is 0.490 e. The molecule has 1 aromatic carbocycles. The van der Waals surface area contributed by atoms with Crippen LogP contribution in [0.4, 0.5) is 0 Å². The van der Waals surface area contributed by atoms with Gasteiger partial charge < -0.3 is 4.74 Å². The van der Waals surface area contributed by atoms with E-state index in [0.29, 0.717) is 10.6 Å². The first-order valence-corrected chi connectivity index (χ1v) is 9.34. The fourth-order valence-electron chi connectivity index (χ4n) is 2.04. The number of aromatic amines is 1. The van der Waals surface area contributed by atoms with E-state index in [-0.39, 0.29) is 6.10 Å². The van der Waals surface area contributed by atoms with E-state index in [1.165, 1.54) is 0 Å². The summed E-state index contributed by atoms with van der Waals surface area (Å²) in [5.74, 6) is 1.51. The average molecular weight is 423 g/mol. The van der Waals surface area contributed by atoms with Crippen LogP contribution in [0.25, 0.3) is 10.7 Å². The van der Waals surface area contributed by atoms with E-state index in [9.17, 15) is 0 Å². The summed E-state index contributed by atoms with van der Waals surface area (Å²) in [5, 5.41) is 13.5. The molecule has 3 rings (SSSR count). The Labute approximate surface area is 157 Å². The summed E-state index contributed by atoms with van der Waals surface area (Å²) in [5.41, 5.74) is 0.929. The molecule has 0 atom stereocenters. The number of rotatable bonds is 5. The molecule has 124 valence electrons. The van der Waals surface area contributed by atoms with Gasteiger partial charge in [0.1, 0.15) is 5.75 Å². The van der Waals surface area contributed by atoms with Crippen LogP contribution in [-0.4, -0.2) is 27.2 Å². The van der Waals surface area contributed by atoms with E-state index in [1.54, 1.807) is 22.2 Å². The summed E-state index contributed by atoms with van der Waals surface area (Å²) in [6.45, 7) is 3.99. The van der Waals surface area contributed by atoms with Crippen molar-refractivity contribution in [2.75, 3.05) is 0 Å². The Bertz CT molecular complexity index is 913. The van der Waals surface area contributed by atoms with Gasteiger partial charge in [-0.15, -0.1) is 11.3 Å². The van der Waals surface area contributed by atoms with Gasteiger partial charge in [0.05, 0.1) is 21.7 Å². The van der Waals surface area contributed by atoms with Gasteiger partial charge in [-0.3, -0.25) is 0 Å². The molecule has 0 aliphatic heterocycles. The Morgan fingerprint density at radius 2 is 2.25 bits per heavy atom. The summed E-state index contributed by atoms with van der Waals surface area (Å²) < 4.78 is 8.67. The van der Waals surface area contributed by atoms with Gasteiger partial charge in [-0.1, -0.05) is 6.07 Å². The number of nitrogens with one attached hydrogen (secondary N) is 1. The maximum Gasteiger partial charge on any atom is 0.216 e. The van der Waals surface area contributed by atoms with Crippen molar-refractivity contribution in [2.45, 2.75) is 20.0 Å². The van der Waals surface area contributed by atoms with Crippen LogP contribution in [0.3, 0.4) is 0 Å². The summed E-state index contributed by atoms with van der Waals surface area (Å²) in [7, 11) is 0. The maximum absolute atomic E-state index is 5.71. The molecule has 2 heterocycles. The van der Waals surface area contributed by atoms with Crippen LogP contribution >= 0.6 is 39.5 Å². The molecule has 0 unspecified atom stereocenters. The summed E-state index contributed by atoms with van der Waals surface area (Å²) in [6.07, 6.45) is 1.87. The number of benzene rings is 1. The molecule has 0 bridgehead atoms. The van der Waals surface area contributed by atoms with E-state index in [2.05, 4.69) is 31.2 Å². The van der Waals surface area contributed by atoms with Crippen molar-refractivity contribution < 1.29 is 4.74 Å².